The first kappa shape index (κ1) is 12.8. The van der Waals surface area contributed by atoms with Crippen LogP contribution in [0, 0.1) is 18.3 Å². The topological polar surface area (TPSA) is 29.1 Å². The normalized spacial score (nSPS) is 11.5. The maximum atomic E-state index is 11.4. The van der Waals surface area contributed by atoms with Crippen molar-refractivity contribution in [3.05, 3.63) is 12.2 Å². The van der Waals surface area contributed by atoms with Gasteiger partial charge in [0.05, 0.1) is 0 Å². The average Bonchev–Trinajstić information content (AvgIpc) is 2.21. The monoisotopic (exact) mass is 193 g/mol. The Morgan fingerprint density at radius 1 is 1.64 bits per heavy atom. The summed E-state index contributed by atoms with van der Waals surface area (Å²) in [6, 6.07) is 0. The van der Waals surface area contributed by atoms with Gasteiger partial charge < -0.3 is 5.32 Å². The fraction of sp³-hybridized carbons (Fsp3) is 0.583. The molecule has 14 heavy (non-hydrogen) atoms. The Hall–Kier alpha value is -1.23. The Morgan fingerprint density at radius 2 is 2.29 bits per heavy atom. The minimum atomic E-state index is -0.0450. The quantitative estimate of drug-likeness (QED) is 0.508. The summed E-state index contributed by atoms with van der Waals surface area (Å²) < 4.78 is 0. The van der Waals surface area contributed by atoms with Gasteiger partial charge in [-0.05, 0) is 18.8 Å². The fourth-order valence-electron chi connectivity index (χ4n) is 1.05. The molecule has 1 N–H and O–H groups in total. The van der Waals surface area contributed by atoms with Crippen molar-refractivity contribution in [3.63, 3.8) is 0 Å². The van der Waals surface area contributed by atoms with Gasteiger partial charge in [0.1, 0.15) is 0 Å². The van der Waals surface area contributed by atoms with Crippen molar-refractivity contribution < 1.29 is 4.79 Å². The molecule has 0 rings (SSSR count). The summed E-state index contributed by atoms with van der Waals surface area (Å²) >= 11 is 0. The molecule has 1 unspecified atom stereocenters. The second-order valence-electron chi connectivity index (χ2n) is 3.42. The molecule has 0 saturated carbocycles. The number of hydrogen-bond donors (Lipinski definition) is 1. The molecule has 1 amide bonds. The summed E-state index contributed by atoms with van der Waals surface area (Å²) in [5, 5.41) is 2.80. The van der Waals surface area contributed by atoms with Gasteiger partial charge in [0.2, 0.25) is 5.91 Å². The Balaban J connectivity index is 3.92. The number of terminal acetylenes is 1. The second kappa shape index (κ2) is 7.20. The fourth-order valence-corrected chi connectivity index (χ4v) is 1.05. The van der Waals surface area contributed by atoms with Gasteiger partial charge in [0, 0.05) is 18.5 Å². The van der Waals surface area contributed by atoms with E-state index in [0.717, 1.165) is 12.8 Å². The molecule has 0 saturated heterocycles. The van der Waals surface area contributed by atoms with E-state index in [2.05, 4.69) is 17.8 Å². The zero-order chi connectivity index (χ0) is 11.0. The molecule has 0 aliphatic heterocycles. The maximum absolute atomic E-state index is 11.4. The minimum absolute atomic E-state index is 0.0450. The van der Waals surface area contributed by atoms with Crippen LogP contribution in [0.1, 0.15) is 33.1 Å². The molecule has 0 spiro atoms. The molecule has 2 heteroatoms. The lowest BCUT2D eigenvalue weighted by atomic mass is 9.97. The van der Waals surface area contributed by atoms with Crippen LogP contribution in [0.15, 0.2) is 12.2 Å². The van der Waals surface area contributed by atoms with Gasteiger partial charge in [-0.2, -0.15) is 0 Å². The first-order valence-electron chi connectivity index (χ1n) is 5.03. The van der Waals surface area contributed by atoms with Gasteiger partial charge in [0.15, 0.2) is 0 Å². The zero-order valence-corrected chi connectivity index (χ0v) is 9.10. The van der Waals surface area contributed by atoms with Gasteiger partial charge in [-0.25, -0.2) is 0 Å². The van der Waals surface area contributed by atoms with Crippen molar-refractivity contribution in [3.8, 4) is 12.3 Å². The molecular formula is C12H19NO. The molecule has 0 aromatic rings. The number of rotatable bonds is 6. The number of amides is 1. The third kappa shape index (κ3) is 4.71. The van der Waals surface area contributed by atoms with Crippen LogP contribution in [0.4, 0.5) is 0 Å². The summed E-state index contributed by atoms with van der Waals surface area (Å²) in [5.41, 5.74) is 0.633. The SMILES string of the molecule is C#CCCC(C)C(=C)C(=O)NCCC. The van der Waals surface area contributed by atoms with Crippen molar-refractivity contribution in [2.75, 3.05) is 6.54 Å². The van der Waals surface area contributed by atoms with Crippen molar-refractivity contribution in [2.24, 2.45) is 5.92 Å². The van der Waals surface area contributed by atoms with Crippen LogP contribution in [0.25, 0.3) is 0 Å². The van der Waals surface area contributed by atoms with Crippen molar-refractivity contribution in [1.29, 1.82) is 0 Å². The molecule has 0 fully saturated rings. The standard InChI is InChI=1S/C12H19NO/c1-5-7-8-10(3)11(4)12(14)13-9-6-2/h1,10H,4,6-9H2,2-3H3,(H,13,14). The van der Waals surface area contributed by atoms with Crippen LogP contribution in [0.3, 0.4) is 0 Å². The van der Waals surface area contributed by atoms with Crippen molar-refractivity contribution in [1.82, 2.24) is 5.32 Å². The molecule has 0 aliphatic carbocycles. The molecule has 0 aromatic heterocycles. The molecule has 0 bridgehead atoms. The van der Waals surface area contributed by atoms with E-state index in [9.17, 15) is 4.79 Å². The highest BCUT2D eigenvalue weighted by Crippen LogP contribution is 2.14. The van der Waals surface area contributed by atoms with E-state index in [1.54, 1.807) is 0 Å². The van der Waals surface area contributed by atoms with Crippen molar-refractivity contribution in [2.45, 2.75) is 33.1 Å². The van der Waals surface area contributed by atoms with E-state index < -0.39 is 0 Å². The smallest absolute Gasteiger partial charge is 0.246 e. The zero-order valence-electron chi connectivity index (χ0n) is 9.10. The van der Waals surface area contributed by atoms with Gasteiger partial charge in [0.25, 0.3) is 0 Å². The number of hydrogen-bond acceptors (Lipinski definition) is 1. The Bertz CT molecular complexity index is 237. The van der Waals surface area contributed by atoms with Gasteiger partial charge in [-0.1, -0.05) is 20.4 Å². The van der Waals surface area contributed by atoms with Gasteiger partial charge in [-0.3, -0.25) is 4.79 Å². The van der Waals surface area contributed by atoms with Gasteiger partial charge >= 0.3 is 0 Å². The summed E-state index contributed by atoms with van der Waals surface area (Å²) in [4.78, 5) is 11.4. The summed E-state index contributed by atoms with van der Waals surface area (Å²) in [5.74, 6) is 2.69. The summed E-state index contributed by atoms with van der Waals surface area (Å²) in [7, 11) is 0. The third-order valence-electron chi connectivity index (χ3n) is 2.14. The largest absolute Gasteiger partial charge is 0.352 e. The molecule has 0 aliphatic rings. The van der Waals surface area contributed by atoms with E-state index in [1.165, 1.54) is 0 Å². The lowest BCUT2D eigenvalue weighted by Crippen LogP contribution is -2.27. The molecule has 78 valence electrons. The average molecular weight is 193 g/mol. The Morgan fingerprint density at radius 3 is 2.79 bits per heavy atom. The predicted molar refractivity (Wildman–Crippen MR) is 59.7 cm³/mol. The van der Waals surface area contributed by atoms with Crippen LogP contribution < -0.4 is 5.32 Å². The Kier molecular flexibility index (Phi) is 6.57. The first-order chi connectivity index (χ1) is 6.63. The maximum Gasteiger partial charge on any atom is 0.246 e. The molecule has 2 nitrogen and oxygen atoms in total. The molecule has 0 heterocycles. The minimum Gasteiger partial charge on any atom is -0.352 e. The van der Waals surface area contributed by atoms with Crippen LogP contribution in [0.2, 0.25) is 0 Å². The van der Waals surface area contributed by atoms with Crippen molar-refractivity contribution >= 4 is 5.91 Å². The molecule has 1 atom stereocenters. The van der Waals surface area contributed by atoms with Crippen LogP contribution in [-0.4, -0.2) is 12.5 Å². The number of nitrogens with one attached hydrogen (secondary N) is 1. The highest BCUT2D eigenvalue weighted by atomic mass is 16.1. The third-order valence-corrected chi connectivity index (χ3v) is 2.14. The first-order valence-corrected chi connectivity index (χ1v) is 5.03. The predicted octanol–water partition coefficient (Wildman–Crippen LogP) is 2.12. The van der Waals surface area contributed by atoms with E-state index in [0.29, 0.717) is 18.5 Å². The van der Waals surface area contributed by atoms with E-state index in [4.69, 9.17) is 6.42 Å². The lowest BCUT2D eigenvalue weighted by Gasteiger charge is -2.12. The van der Waals surface area contributed by atoms with E-state index in [-0.39, 0.29) is 11.8 Å². The second-order valence-corrected chi connectivity index (χ2v) is 3.42. The van der Waals surface area contributed by atoms with Crippen LogP contribution >= 0.6 is 0 Å². The van der Waals surface area contributed by atoms with E-state index >= 15 is 0 Å². The van der Waals surface area contributed by atoms with E-state index in [1.807, 2.05) is 13.8 Å². The highest BCUT2D eigenvalue weighted by molar-refractivity contribution is 5.93. The molecule has 0 aromatic carbocycles. The number of carbonyl (C=O) groups excluding carboxylic acids is 1. The van der Waals surface area contributed by atoms with Crippen LogP contribution in [0.5, 0.6) is 0 Å². The molecular weight excluding hydrogens is 174 g/mol. The number of carbonyl (C=O) groups is 1. The highest BCUT2D eigenvalue weighted by Gasteiger charge is 2.12. The summed E-state index contributed by atoms with van der Waals surface area (Å²) in [6.45, 7) is 8.48. The Labute approximate surface area is 86.8 Å². The summed E-state index contributed by atoms with van der Waals surface area (Å²) in [6.07, 6.45) is 7.62. The van der Waals surface area contributed by atoms with Gasteiger partial charge in [-0.15, -0.1) is 12.3 Å². The molecule has 0 radical (unpaired) electrons. The van der Waals surface area contributed by atoms with Crippen LogP contribution in [-0.2, 0) is 4.79 Å². The lowest BCUT2D eigenvalue weighted by molar-refractivity contribution is -0.117.